The summed E-state index contributed by atoms with van der Waals surface area (Å²) in [6.45, 7) is 5.16. The SMILES string of the molecule is CC(C)C(=O)NC1CCN(C(=O)c2ccc(-c3ccccc3)cc2)CC1. The molecule has 2 aromatic rings. The van der Waals surface area contributed by atoms with E-state index in [4.69, 9.17) is 0 Å². The largest absolute Gasteiger partial charge is 0.353 e. The van der Waals surface area contributed by atoms with Crippen LogP contribution in [0.4, 0.5) is 0 Å². The minimum absolute atomic E-state index is 0.00205. The summed E-state index contributed by atoms with van der Waals surface area (Å²) in [6, 6.07) is 18.1. The van der Waals surface area contributed by atoms with Crippen molar-refractivity contribution in [1.82, 2.24) is 10.2 Å². The molecule has 1 N–H and O–H groups in total. The van der Waals surface area contributed by atoms with Crippen LogP contribution in [-0.2, 0) is 4.79 Å². The van der Waals surface area contributed by atoms with Gasteiger partial charge in [-0.1, -0.05) is 56.3 Å². The fraction of sp³-hybridized carbons (Fsp3) is 0.364. The molecule has 4 nitrogen and oxygen atoms in total. The Hall–Kier alpha value is -2.62. The van der Waals surface area contributed by atoms with Gasteiger partial charge in [-0.3, -0.25) is 9.59 Å². The summed E-state index contributed by atoms with van der Waals surface area (Å²) in [5.74, 6) is 0.155. The quantitative estimate of drug-likeness (QED) is 0.913. The highest BCUT2D eigenvalue weighted by molar-refractivity contribution is 5.94. The second-order valence-electron chi connectivity index (χ2n) is 7.17. The van der Waals surface area contributed by atoms with Crippen LogP contribution >= 0.6 is 0 Å². The van der Waals surface area contributed by atoms with Crippen LogP contribution < -0.4 is 5.32 Å². The minimum Gasteiger partial charge on any atom is -0.353 e. The van der Waals surface area contributed by atoms with Crippen LogP contribution in [0.2, 0.25) is 0 Å². The van der Waals surface area contributed by atoms with E-state index in [0.717, 1.165) is 24.0 Å². The van der Waals surface area contributed by atoms with Crippen LogP contribution in [-0.4, -0.2) is 35.8 Å². The molecule has 0 atom stereocenters. The first-order valence-corrected chi connectivity index (χ1v) is 9.29. The number of amides is 2. The number of hydrogen-bond acceptors (Lipinski definition) is 2. The van der Waals surface area contributed by atoms with Gasteiger partial charge in [0, 0.05) is 30.6 Å². The number of benzene rings is 2. The standard InChI is InChI=1S/C22H26N2O2/c1-16(2)21(25)23-20-12-14-24(15-13-20)22(26)19-10-8-18(9-11-19)17-6-4-3-5-7-17/h3-11,16,20H,12-15H2,1-2H3,(H,23,25). The molecular weight excluding hydrogens is 324 g/mol. The number of nitrogens with zero attached hydrogens (tertiary/aromatic N) is 1. The Balaban J connectivity index is 1.58. The fourth-order valence-electron chi connectivity index (χ4n) is 3.21. The highest BCUT2D eigenvalue weighted by Crippen LogP contribution is 2.21. The molecular formula is C22H26N2O2. The third kappa shape index (κ3) is 4.31. The Labute approximate surface area is 155 Å². The van der Waals surface area contributed by atoms with Gasteiger partial charge in [-0.05, 0) is 36.1 Å². The predicted octanol–water partition coefficient (Wildman–Crippen LogP) is 3.73. The number of hydrogen-bond donors (Lipinski definition) is 1. The lowest BCUT2D eigenvalue weighted by Gasteiger charge is -2.32. The first-order chi connectivity index (χ1) is 12.5. The van der Waals surface area contributed by atoms with Crippen molar-refractivity contribution in [1.29, 1.82) is 0 Å². The van der Waals surface area contributed by atoms with Gasteiger partial charge >= 0.3 is 0 Å². The van der Waals surface area contributed by atoms with Gasteiger partial charge in [0.25, 0.3) is 5.91 Å². The number of likely N-dealkylation sites (tertiary alicyclic amines) is 1. The maximum absolute atomic E-state index is 12.7. The molecule has 2 amide bonds. The van der Waals surface area contributed by atoms with Crippen LogP contribution in [0.3, 0.4) is 0 Å². The average molecular weight is 350 g/mol. The second kappa shape index (κ2) is 8.17. The molecule has 0 aromatic heterocycles. The van der Waals surface area contributed by atoms with Crippen LogP contribution in [0.1, 0.15) is 37.0 Å². The first kappa shape index (κ1) is 18.2. The summed E-state index contributed by atoms with van der Waals surface area (Å²) in [5, 5.41) is 3.07. The summed E-state index contributed by atoms with van der Waals surface area (Å²) in [7, 11) is 0. The lowest BCUT2D eigenvalue weighted by molar-refractivity contribution is -0.124. The Kier molecular flexibility index (Phi) is 5.71. The highest BCUT2D eigenvalue weighted by atomic mass is 16.2. The van der Waals surface area contributed by atoms with Crippen LogP contribution in [0.5, 0.6) is 0 Å². The Morgan fingerprint density at radius 1 is 0.923 bits per heavy atom. The van der Waals surface area contributed by atoms with Crippen molar-refractivity contribution in [2.45, 2.75) is 32.7 Å². The maximum Gasteiger partial charge on any atom is 0.253 e. The van der Waals surface area contributed by atoms with E-state index in [1.807, 2.05) is 61.2 Å². The molecule has 0 saturated carbocycles. The summed E-state index contributed by atoms with van der Waals surface area (Å²) in [5.41, 5.74) is 2.97. The van der Waals surface area contributed by atoms with Gasteiger partial charge in [0.05, 0.1) is 0 Å². The monoisotopic (exact) mass is 350 g/mol. The lowest BCUT2D eigenvalue weighted by atomic mass is 10.0. The zero-order chi connectivity index (χ0) is 18.5. The molecule has 0 unspecified atom stereocenters. The Bertz CT molecular complexity index is 745. The molecule has 1 heterocycles. The van der Waals surface area contributed by atoms with E-state index in [0.29, 0.717) is 18.7 Å². The van der Waals surface area contributed by atoms with Crippen LogP contribution in [0, 0.1) is 5.92 Å². The van der Waals surface area contributed by atoms with E-state index in [9.17, 15) is 9.59 Å². The van der Waals surface area contributed by atoms with Crippen molar-refractivity contribution in [3.8, 4) is 11.1 Å². The third-order valence-electron chi connectivity index (χ3n) is 4.89. The van der Waals surface area contributed by atoms with Crippen molar-refractivity contribution in [3.63, 3.8) is 0 Å². The van der Waals surface area contributed by atoms with Crippen molar-refractivity contribution in [3.05, 3.63) is 60.2 Å². The minimum atomic E-state index is -0.00205. The lowest BCUT2D eigenvalue weighted by Crippen LogP contribution is -2.47. The van der Waals surface area contributed by atoms with Gasteiger partial charge in [0.2, 0.25) is 5.91 Å². The summed E-state index contributed by atoms with van der Waals surface area (Å²) >= 11 is 0. The summed E-state index contributed by atoms with van der Waals surface area (Å²) in [6.07, 6.45) is 1.62. The zero-order valence-electron chi connectivity index (χ0n) is 15.4. The molecule has 1 aliphatic heterocycles. The molecule has 1 saturated heterocycles. The van der Waals surface area contributed by atoms with E-state index in [1.54, 1.807) is 0 Å². The fourth-order valence-corrected chi connectivity index (χ4v) is 3.21. The van der Waals surface area contributed by atoms with Gasteiger partial charge in [-0.15, -0.1) is 0 Å². The molecule has 0 bridgehead atoms. The Morgan fingerprint density at radius 3 is 2.08 bits per heavy atom. The molecule has 2 aromatic carbocycles. The molecule has 1 fully saturated rings. The molecule has 4 heteroatoms. The number of nitrogens with one attached hydrogen (secondary N) is 1. The van der Waals surface area contributed by atoms with E-state index in [-0.39, 0.29) is 23.8 Å². The highest BCUT2D eigenvalue weighted by Gasteiger charge is 2.25. The number of carbonyl (C=O) groups is 2. The Morgan fingerprint density at radius 2 is 1.50 bits per heavy atom. The summed E-state index contributed by atoms with van der Waals surface area (Å²) in [4.78, 5) is 26.4. The van der Waals surface area contributed by atoms with E-state index in [2.05, 4.69) is 17.4 Å². The first-order valence-electron chi connectivity index (χ1n) is 9.29. The summed E-state index contributed by atoms with van der Waals surface area (Å²) < 4.78 is 0. The van der Waals surface area contributed by atoms with E-state index < -0.39 is 0 Å². The second-order valence-corrected chi connectivity index (χ2v) is 7.17. The average Bonchev–Trinajstić information content (AvgIpc) is 2.69. The van der Waals surface area contributed by atoms with E-state index >= 15 is 0 Å². The van der Waals surface area contributed by atoms with Crippen LogP contribution in [0.25, 0.3) is 11.1 Å². The number of rotatable bonds is 4. The topological polar surface area (TPSA) is 49.4 Å². The number of piperidine rings is 1. The van der Waals surface area contributed by atoms with Crippen molar-refractivity contribution in [2.75, 3.05) is 13.1 Å². The van der Waals surface area contributed by atoms with Gasteiger partial charge in [0.1, 0.15) is 0 Å². The molecule has 0 radical (unpaired) electrons. The molecule has 136 valence electrons. The molecule has 1 aliphatic rings. The van der Waals surface area contributed by atoms with Crippen molar-refractivity contribution >= 4 is 11.8 Å². The smallest absolute Gasteiger partial charge is 0.253 e. The molecule has 0 spiro atoms. The van der Waals surface area contributed by atoms with Crippen molar-refractivity contribution in [2.24, 2.45) is 5.92 Å². The van der Waals surface area contributed by atoms with Crippen LogP contribution in [0.15, 0.2) is 54.6 Å². The van der Waals surface area contributed by atoms with Gasteiger partial charge < -0.3 is 10.2 Å². The van der Waals surface area contributed by atoms with E-state index in [1.165, 1.54) is 0 Å². The molecule has 26 heavy (non-hydrogen) atoms. The van der Waals surface area contributed by atoms with Gasteiger partial charge in [0.15, 0.2) is 0 Å². The van der Waals surface area contributed by atoms with Gasteiger partial charge in [-0.2, -0.15) is 0 Å². The molecule has 3 rings (SSSR count). The predicted molar refractivity (Wildman–Crippen MR) is 104 cm³/mol. The third-order valence-corrected chi connectivity index (χ3v) is 4.89. The molecule has 0 aliphatic carbocycles. The normalized spacial score (nSPS) is 15.1. The maximum atomic E-state index is 12.7. The zero-order valence-corrected chi connectivity index (χ0v) is 15.4. The van der Waals surface area contributed by atoms with Crippen molar-refractivity contribution < 1.29 is 9.59 Å². The van der Waals surface area contributed by atoms with Gasteiger partial charge in [-0.25, -0.2) is 0 Å². The number of carbonyl (C=O) groups excluding carboxylic acids is 2.